The molecule has 0 aliphatic rings. The lowest BCUT2D eigenvalue weighted by atomic mass is 10.3. The van der Waals surface area contributed by atoms with Crippen molar-refractivity contribution in [3.05, 3.63) is 47.5 Å². The van der Waals surface area contributed by atoms with Crippen molar-refractivity contribution in [2.75, 3.05) is 0 Å². The molecule has 1 N–H and O–H groups in total. The van der Waals surface area contributed by atoms with Crippen LogP contribution in [-0.4, -0.2) is 10.2 Å². The van der Waals surface area contributed by atoms with Crippen LogP contribution in [0.1, 0.15) is 11.4 Å². The molecule has 1 heterocycles. The minimum absolute atomic E-state index is 0.300. The lowest BCUT2D eigenvalue weighted by molar-refractivity contribution is 0.299. The van der Waals surface area contributed by atoms with Gasteiger partial charge in [0, 0.05) is 11.8 Å². The molecule has 0 aliphatic carbocycles. The molecule has 0 bridgehead atoms. The second-order valence-corrected chi connectivity index (χ2v) is 3.29. The summed E-state index contributed by atoms with van der Waals surface area (Å²) in [5.41, 5.74) is 1.78. The van der Waals surface area contributed by atoms with Crippen molar-refractivity contribution < 1.29 is 9.13 Å². The number of nitrogens with one attached hydrogen (secondary N) is 1. The number of nitrogens with zero attached hydrogens (tertiary/aromatic N) is 1. The first kappa shape index (κ1) is 9.71. The van der Waals surface area contributed by atoms with E-state index in [4.69, 9.17) is 4.74 Å². The highest BCUT2D eigenvalue weighted by atomic mass is 19.1. The average Bonchev–Trinajstić information content (AvgIpc) is 2.62. The molecule has 2 rings (SSSR count). The molecule has 0 amide bonds. The summed E-state index contributed by atoms with van der Waals surface area (Å²) in [6, 6.07) is 7.94. The Balaban J connectivity index is 1.99. The van der Waals surface area contributed by atoms with Crippen LogP contribution in [-0.2, 0) is 6.61 Å². The van der Waals surface area contributed by atoms with Crippen LogP contribution < -0.4 is 4.74 Å². The molecule has 1 aromatic carbocycles. The van der Waals surface area contributed by atoms with Crippen LogP contribution >= 0.6 is 0 Å². The highest BCUT2D eigenvalue weighted by Crippen LogP contribution is 2.13. The standard InChI is InChI=1S/C11H11FN2O/c1-8-5-10(14-13-8)7-15-11-4-2-3-9(12)6-11/h2-6H,7H2,1H3,(H,13,14). The van der Waals surface area contributed by atoms with Crippen molar-refractivity contribution in [1.82, 2.24) is 10.2 Å². The molecule has 1 aromatic heterocycles. The largest absolute Gasteiger partial charge is 0.487 e. The smallest absolute Gasteiger partial charge is 0.132 e. The number of H-pyrrole nitrogens is 1. The van der Waals surface area contributed by atoms with Crippen molar-refractivity contribution in [1.29, 1.82) is 0 Å². The van der Waals surface area contributed by atoms with Crippen LogP contribution in [0.25, 0.3) is 0 Å². The Morgan fingerprint density at radius 2 is 2.27 bits per heavy atom. The summed E-state index contributed by atoms with van der Waals surface area (Å²) in [6.45, 7) is 2.26. The Morgan fingerprint density at radius 1 is 1.40 bits per heavy atom. The minimum Gasteiger partial charge on any atom is -0.487 e. The quantitative estimate of drug-likeness (QED) is 0.837. The van der Waals surface area contributed by atoms with E-state index in [1.54, 1.807) is 12.1 Å². The van der Waals surface area contributed by atoms with Crippen molar-refractivity contribution in [3.8, 4) is 5.75 Å². The van der Waals surface area contributed by atoms with Crippen molar-refractivity contribution in [3.63, 3.8) is 0 Å². The Labute approximate surface area is 86.9 Å². The summed E-state index contributed by atoms with van der Waals surface area (Å²) >= 11 is 0. The van der Waals surface area contributed by atoms with E-state index in [0.717, 1.165) is 11.4 Å². The fraction of sp³-hybridized carbons (Fsp3) is 0.182. The third-order valence-corrected chi connectivity index (χ3v) is 1.94. The van der Waals surface area contributed by atoms with E-state index >= 15 is 0 Å². The van der Waals surface area contributed by atoms with E-state index in [9.17, 15) is 4.39 Å². The summed E-state index contributed by atoms with van der Waals surface area (Å²) in [4.78, 5) is 0. The van der Waals surface area contributed by atoms with Crippen LogP contribution in [0, 0.1) is 12.7 Å². The number of rotatable bonds is 3. The number of hydrogen-bond acceptors (Lipinski definition) is 2. The van der Waals surface area contributed by atoms with Gasteiger partial charge < -0.3 is 4.74 Å². The number of aryl methyl sites for hydroxylation is 1. The Morgan fingerprint density at radius 3 is 2.93 bits per heavy atom. The number of aromatic nitrogens is 2. The summed E-state index contributed by atoms with van der Waals surface area (Å²) in [7, 11) is 0. The lowest BCUT2D eigenvalue weighted by Gasteiger charge is -2.03. The maximum Gasteiger partial charge on any atom is 0.132 e. The molecule has 0 fully saturated rings. The van der Waals surface area contributed by atoms with Gasteiger partial charge in [0.15, 0.2) is 0 Å². The predicted molar refractivity (Wildman–Crippen MR) is 54.1 cm³/mol. The zero-order chi connectivity index (χ0) is 10.7. The van der Waals surface area contributed by atoms with Crippen molar-refractivity contribution >= 4 is 0 Å². The van der Waals surface area contributed by atoms with E-state index in [-0.39, 0.29) is 5.82 Å². The van der Waals surface area contributed by atoms with E-state index < -0.39 is 0 Å². The van der Waals surface area contributed by atoms with Gasteiger partial charge in [-0.25, -0.2) is 4.39 Å². The van der Waals surface area contributed by atoms with Crippen molar-refractivity contribution in [2.24, 2.45) is 0 Å². The van der Waals surface area contributed by atoms with Gasteiger partial charge in [-0.3, -0.25) is 5.10 Å². The zero-order valence-electron chi connectivity index (χ0n) is 8.33. The first-order valence-corrected chi connectivity index (χ1v) is 4.63. The van der Waals surface area contributed by atoms with Gasteiger partial charge >= 0.3 is 0 Å². The molecule has 3 nitrogen and oxygen atoms in total. The Kier molecular flexibility index (Phi) is 2.67. The van der Waals surface area contributed by atoms with E-state index in [0.29, 0.717) is 12.4 Å². The van der Waals surface area contributed by atoms with E-state index in [2.05, 4.69) is 10.2 Å². The highest BCUT2D eigenvalue weighted by molar-refractivity contribution is 5.22. The minimum atomic E-state index is -0.300. The second-order valence-electron chi connectivity index (χ2n) is 3.29. The molecule has 0 radical (unpaired) electrons. The van der Waals surface area contributed by atoms with Gasteiger partial charge in [-0.05, 0) is 25.1 Å². The SMILES string of the molecule is Cc1cc(COc2cccc(F)c2)n[nH]1. The monoisotopic (exact) mass is 206 g/mol. The lowest BCUT2D eigenvalue weighted by Crippen LogP contribution is -1.95. The second kappa shape index (κ2) is 4.13. The first-order valence-electron chi connectivity index (χ1n) is 4.63. The molecule has 0 aliphatic heterocycles. The fourth-order valence-electron chi connectivity index (χ4n) is 1.26. The van der Waals surface area contributed by atoms with Crippen LogP contribution in [0.15, 0.2) is 30.3 Å². The van der Waals surface area contributed by atoms with Crippen LogP contribution in [0.2, 0.25) is 0 Å². The van der Waals surface area contributed by atoms with Crippen LogP contribution in [0.4, 0.5) is 4.39 Å². The van der Waals surface area contributed by atoms with Gasteiger partial charge in [0.25, 0.3) is 0 Å². The molecule has 4 heteroatoms. The summed E-state index contributed by atoms with van der Waals surface area (Å²) < 4.78 is 18.2. The molecule has 78 valence electrons. The maximum atomic E-state index is 12.8. The molecule has 0 atom stereocenters. The summed E-state index contributed by atoms with van der Waals surface area (Å²) in [6.07, 6.45) is 0. The molecule has 15 heavy (non-hydrogen) atoms. The highest BCUT2D eigenvalue weighted by Gasteiger charge is 2.00. The third-order valence-electron chi connectivity index (χ3n) is 1.94. The van der Waals surface area contributed by atoms with Gasteiger partial charge in [0.1, 0.15) is 18.2 Å². The number of halogens is 1. The third kappa shape index (κ3) is 2.56. The van der Waals surface area contributed by atoms with Gasteiger partial charge in [-0.1, -0.05) is 6.07 Å². The molecule has 0 saturated carbocycles. The van der Waals surface area contributed by atoms with Crippen LogP contribution in [0.5, 0.6) is 5.75 Å². The molecule has 0 saturated heterocycles. The molecule has 0 spiro atoms. The van der Waals surface area contributed by atoms with Crippen molar-refractivity contribution in [2.45, 2.75) is 13.5 Å². The Bertz CT molecular complexity index is 453. The number of hydrogen-bond donors (Lipinski definition) is 1. The van der Waals surface area contributed by atoms with Crippen LogP contribution in [0.3, 0.4) is 0 Å². The normalized spacial score (nSPS) is 10.3. The molecule has 0 unspecified atom stereocenters. The number of ether oxygens (including phenoxy) is 1. The maximum absolute atomic E-state index is 12.8. The summed E-state index contributed by atoms with van der Waals surface area (Å²) in [5, 5.41) is 6.82. The molecule has 2 aromatic rings. The molecular weight excluding hydrogens is 195 g/mol. The first-order chi connectivity index (χ1) is 7.24. The van der Waals surface area contributed by atoms with E-state index in [1.807, 2.05) is 13.0 Å². The topological polar surface area (TPSA) is 37.9 Å². The van der Waals surface area contributed by atoms with Gasteiger partial charge in [0.2, 0.25) is 0 Å². The Hall–Kier alpha value is -1.84. The van der Waals surface area contributed by atoms with Gasteiger partial charge in [-0.15, -0.1) is 0 Å². The zero-order valence-corrected chi connectivity index (χ0v) is 8.33. The average molecular weight is 206 g/mol. The number of aromatic amines is 1. The number of benzene rings is 1. The summed E-state index contributed by atoms with van der Waals surface area (Å²) in [5.74, 6) is 0.210. The predicted octanol–water partition coefficient (Wildman–Crippen LogP) is 2.44. The molecular formula is C11H11FN2O. The van der Waals surface area contributed by atoms with Gasteiger partial charge in [-0.2, -0.15) is 5.10 Å². The van der Waals surface area contributed by atoms with E-state index in [1.165, 1.54) is 12.1 Å². The fourth-order valence-corrected chi connectivity index (χ4v) is 1.26. The van der Waals surface area contributed by atoms with Gasteiger partial charge in [0.05, 0.1) is 5.69 Å².